The highest BCUT2D eigenvalue weighted by Crippen LogP contribution is 2.23. The van der Waals surface area contributed by atoms with Crippen molar-refractivity contribution >= 4 is 22.9 Å². The van der Waals surface area contributed by atoms with E-state index in [0.717, 1.165) is 17.5 Å². The Morgan fingerprint density at radius 2 is 1.85 bits per heavy atom. The van der Waals surface area contributed by atoms with Crippen molar-refractivity contribution in [1.29, 1.82) is 0 Å². The minimum absolute atomic E-state index is 0.133. The minimum atomic E-state index is -0.133. The lowest BCUT2D eigenvalue weighted by molar-refractivity contribution is -0.116. The summed E-state index contributed by atoms with van der Waals surface area (Å²) in [6.07, 6.45) is 6.03. The molecule has 5 heteroatoms. The van der Waals surface area contributed by atoms with Gasteiger partial charge in [0.15, 0.2) is 0 Å². The van der Waals surface area contributed by atoms with Crippen molar-refractivity contribution in [3.8, 4) is 11.5 Å². The Bertz CT molecular complexity index is 906. The molecule has 0 radical (unpaired) electrons. The third kappa shape index (κ3) is 4.25. The second kappa shape index (κ2) is 8.25. The number of fused-ring (bicyclic) bond motifs is 1. The molecule has 0 atom stereocenters. The molecule has 3 rings (SSSR count). The molecule has 0 aliphatic rings. The Balaban J connectivity index is 1.56. The highest BCUT2D eigenvalue weighted by molar-refractivity contribution is 5.92. The fraction of sp³-hybridized carbons (Fsp3) is 0.190. The molecule has 2 aromatic carbocycles. The predicted octanol–water partition coefficient (Wildman–Crippen LogP) is 3.56. The van der Waals surface area contributed by atoms with Crippen LogP contribution in [0.1, 0.15) is 11.1 Å². The van der Waals surface area contributed by atoms with Crippen LogP contribution in [0, 0.1) is 0 Å². The second-order valence-electron chi connectivity index (χ2n) is 5.88. The molecule has 3 aromatic rings. The maximum absolute atomic E-state index is 12.0. The number of aromatic nitrogens is 1. The summed E-state index contributed by atoms with van der Waals surface area (Å²) < 4.78 is 10.5. The zero-order valence-corrected chi connectivity index (χ0v) is 14.9. The van der Waals surface area contributed by atoms with Crippen LogP contribution in [0.4, 0.5) is 0 Å². The van der Waals surface area contributed by atoms with E-state index in [1.807, 2.05) is 36.5 Å². The molecule has 1 amide bonds. The first-order valence-electron chi connectivity index (χ1n) is 8.43. The quantitative estimate of drug-likeness (QED) is 0.641. The molecule has 0 spiro atoms. The summed E-state index contributed by atoms with van der Waals surface area (Å²) in [5.74, 6) is 1.24. The van der Waals surface area contributed by atoms with Crippen molar-refractivity contribution in [3.63, 3.8) is 0 Å². The molecule has 0 aliphatic carbocycles. The number of nitrogens with one attached hydrogen (secondary N) is 2. The van der Waals surface area contributed by atoms with Crippen molar-refractivity contribution in [3.05, 3.63) is 65.9 Å². The van der Waals surface area contributed by atoms with E-state index in [1.165, 1.54) is 17.0 Å². The lowest BCUT2D eigenvalue weighted by atomic mass is 10.1. The number of hydrogen-bond acceptors (Lipinski definition) is 3. The van der Waals surface area contributed by atoms with Gasteiger partial charge in [0.1, 0.15) is 11.5 Å². The minimum Gasteiger partial charge on any atom is -0.497 e. The first-order valence-corrected chi connectivity index (χ1v) is 8.43. The van der Waals surface area contributed by atoms with E-state index >= 15 is 0 Å². The number of rotatable bonds is 7. The number of H-pyrrole nitrogens is 1. The van der Waals surface area contributed by atoms with E-state index in [4.69, 9.17) is 9.47 Å². The first-order chi connectivity index (χ1) is 12.7. The van der Waals surface area contributed by atoms with Gasteiger partial charge >= 0.3 is 0 Å². The number of hydrogen-bond donors (Lipinski definition) is 2. The van der Waals surface area contributed by atoms with Gasteiger partial charge in [-0.05, 0) is 41.8 Å². The van der Waals surface area contributed by atoms with Crippen molar-refractivity contribution in [2.45, 2.75) is 6.42 Å². The predicted molar refractivity (Wildman–Crippen MR) is 104 cm³/mol. The van der Waals surface area contributed by atoms with Crippen molar-refractivity contribution in [1.82, 2.24) is 10.3 Å². The molecule has 5 nitrogen and oxygen atoms in total. The molecule has 0 aliphatic heterocycles. The van der Waals surface area contributed by atoms with Crippen LogP contribution in [-0.4, -0.2) is 31.7 Å². The van der Waals surface area contributed by atoms with Crippen LogP contribution in [0.5, 0.6) is 11.5 Å². The Labute approximate surface area is 152 Å². The third-order valence-corrected chi connectivity index (χ3v) is 4.17. The largest absolute Gasteiger partial charge is 0.497 e. The third-order valence-electron chi connectivity index (χ3n) is 4.17. The highest BCUT2D eigenvalue weighted by Gasteiger charge is 2.04. The summed E-state index contributed by atoms with van der Waals surface area (Å²) in [7, 11) is 3.19. The molecule has 134 valence electrons. The molecule has 0 saturated heterocycles. The molecule has 0 unspecified atom stereocenters. The van der Waals surface area contributed by atoms with Crippen LogP contribution in [0.2, 0.25) is 0 Å². The van der Waals surface area contributed by atoms with Gasteiger partial charge in [0.2, 0.25) is 5.91 Å². The van der Waals surface area contributed by atoms with Gasteiger partial charge in [-0.2, -0.15) is 0 Å². The summed E-state index contributed by atoms with van der Waals surface area (Å²) >= 11 is 0. The fourth-order valence-electron chi connectivity index (χ4n) is 2.82. The number of amides is 1. The van der Waals surface area contributed by atoms with E-state index < -0.39 is 0 Å². The van der Waals surface area contributed by atoms with Gasteiger partial charge in [0.05, 0.1) is 14.2 Å². The lowest BCUT2D eigenvalue weighted by Gasteiger charge is -2.06. The fourth-order valence-corrected chi connectivity index (χ4v) is 2.82. The summed E-state index contributed by atoms with van der Waals surface area (Å²) in [5.41, 5.74) is 3.15. The Morgan fingerprint density at radius 3 is 2.58 bits per heavy atom. The molecular formula is C21H22N2O3. The van der Waals surface area contributed by atoms with Crippen LogP contribution >= 0.6 is 0 Å². The van der Waals surface area contributed by atoms with E-state index in [-0.39, 0.29) is 5.91 Å². The van der Waals surface area contributed by atoms with E-state index in [1.54, 1.807) is 26.4 Å². The zero-order valence-electron chi connectivity index (χ0n) is 14.9. The smallest absolute Gasteiger partial charge is 0.244 e. The number of para-hydroxylation sites is 1. The number of carbonyl (C=O) groups is 1. The topological polar surface area (TPSA) is 63.3 Å². The molecule has 1 heterocycles. The Hall–Kier alpha value is -3.21. The van der Waals surface area contributed by atoms with Gasteiger partial charge in [-0.25, -0.2) is 0 Å². The summed E-state index contributed by atoms with van der Waals surface area (Å²) in [5, 5.41) is 4.11. The summed E-state index contributed by atoms with van der Waals surface area (Å²) in [6.45, 7) is 0.576. The number of methoxy groups -OCH3 is 2. The SMILES string of the molecule is COc1cc(/C=C/C(=O)NCCc2c[nH]c3ccccc23)cc(OC)c1. The average molecular weight is 350 g/mol. The summed E-state index contributed by atoms with van der Waals surface area (Å²) in [4.78, 5) is 15.3. The number of benzene rings is 2. The van der Waals surface area contributed by atoms with Crippen LogP contribution in [-0.2, 0) is 11.2 Å². The van der Waals surface area contributed by atoms with Gasteiger partial charge in [-0.3, -0.25) is 4.79 Å². The number of carbonyl (C=O) groups excluding carboxylic acids is 1. The van der Waals surface area contributed by atoms with E-state index in [2.05, 4.69) is 16.4 Å². The maximum atomic E-state index is 12.0. The molecule has 0 bridgehead atoms. The van der Waals surface area contributed by atoms with Gasteiger partial charge in [-0.15, -0.1) is 0 Å². The first kappa shape index (κ1) is 17.6. The van der Waals surface area contributed by atoms with Gasteiger partial charge in [-0.1, -0.05) is 18.2 Å². The van der Waals surface area contributed by atoms with Crippen LogP contribution in [0.25, 0.3) is 17.0 Å². The van der Waals surface area contributed by atoms with Crippen molar-refractivity contribution < 1.29 is 14.3 Å². The number of aromatic amines is 1. The van der Waals surface area contributed by atoms with Crippen molar-refractivity contribution in [2.75, 3.05) is 20.8 Å². The average Bonchev–Trinajstić information content (AvgIpc) is 3.09. The molecule has 0 saturated carbocycles. The molecule has 0 fully saturated rings. The molecule has 26 heavy (non-hydrogen) atoms. The van der Waals surface area contributed by atoms with Crippen LogP contribution in [0.3, 0.4) is 0 Å². The normalized spacial score (nSPS) is 11.0. The monoisotopic (exact) mass is 350 g/mol. The van der Waals surface area contributed by atoms with Gasteiger partial charge in [0, 0.05) is 35.8 Å². The van der Waals surface area contributed by atoms with Gasteiger partial charge in [0.25, 0.3) is 0 Å². The molecule has 2 N–H and O–H groups in total. The second-order valence-corrected chi connectivity index (χ2v) is 5.88. The molecule has 1 aromatic heterocycles. The van der Waals surface area contributed by atoms with E-state index in [9.17, 15) is 4.79 Å². The Morgan fingerprint density at radius 1 is 1.12 bits per heavy atom. The number of ether oxygens (including phenoxy) is 2. The van der Waals surface area contributed by atoms with Gasteiger partial charge < -0.3 is 19.8 Å². The van der Waals surface area contributed by atoms with Crippen molar-refractivity contribution in [2.24, 2.45) is 0 Å². The standard InChI is InChI=1S/C21H22N2O3/c1-25-17-11-15(12-18(13-17)26-2)7-8-21(24)22-10-9-16-14-23-20-6-4-3-5-19(16)20/h3-8,11-14,23H,9-10H2,1-2H3,(H,22,24)/b8-7+. The van der Waals surface area contributed by atoms with Crippen LogP contribution < -0.4 is 14.8 Å². The highest BCUT2D eigenvalue weighted by atomic mass is 16.5. The maximum Gasteiger partial charge on any atom is 0.244 e. The lowest BCUT2D eigenvalue weighted by Crippen LogP contribution is -2.23. The summed E-state index contributed by atoms with van der Waals surface area (Å²) in [6, 6.07) is 13.6. The Kier molecular flexibility index (Phi) is 5.59. The molecular weight excluding hydrogens is 328 g/mol. The zero-order chi connectivity index (χ0) is 18.4. The van der Waals surface area contributed by atoms with Crippen LogP contribution in [0.15, 0.2) is 54.7 Å². The van der Waals surface area contributed by atoms with E-state index in [0.29, 0.717) is 18.0 Å².